The highest BCUT2D eigenvalue weighted by Crippen LogP contribution is 2.21. The van der Waals surface area contributed by atoms with Gasteiger partial charge in [0.25, 0.3) is 5.91 Å². The molecular formula is C14H21N3O2. The van der Waals surface area contributed by atoms with E-state index in [-0.39, 0.29) is 18.1 Å². The van der Waals surface area contributed by atoms with Crippen molar-refractivity contribution in [2.45, 2.75) is 33.0 Å². The molecular weight excluding hydrogens is 242 g/mol. The lowest BCUT2D eigenvalue weighted by Crippen LogP contribution is -2.48. The van der Waals surface area contributed by atoms with E-state index in [4.69, 9.17) is 10.6 Å². The predicted octanol–water partition coefficient (Wildman–Crippen LogP) is 1.53. The third-order valence-corrected chi connectivity index (χ3v) is 3.27. The van der Waals surface area contributed by atoms with Crippen LogP contribution in [-0.4, -0.2) is 36.1 Å². The maximum Gasteiger partial charge on any atom is 0.256 e. The molecule has 1 aromatic rings. The first-order valence-corrected chi connectivity index (χ1v) is 6.53. The molecule has 0 radical (unpaired) electrons. The minimum absolute atomic E-state index is 0.00125. The fourth-order valence-corrected chi connectivity index (χ4v) is 2.47. The number of hydrogen-bond acceptors (Lipinski definition) is 4. The topological polar surface area (TPSA) is 67.6 Å². The van der Waals surface area contributed by atoms with Crippen molar-refractivity contribution in [3.8, 4) is 0 Å². The molecule has 3 N–H and O–H groups in total. The van der Waals surface area contributed by atoms with E-state index >= 15 is 0 Å². The Morgan fingerprint density at radius 1 is 1.37 bits per heavy atom. The monoisotopic (exact) mass is 263 g/mol. The van der Waals surface area contributed by atoms with Crippen LogP contribution in [0.3, 0.4) is 0 Å². The highest BCUT2D eigenvalue weighted by Gasteiger charge is 2.27. The molecule has 5 heteroatoms. The third-order valence-electron chi connectivity index (χ3n) is 3.27. The fourth-order valence-electron chi connectivity index (χ4n) is 2.47. The first-order chi connectivity index (χ1) is 9.01. The first-order valence-electron chi connectivity index (χ1n) is 6.53. The van der Waals surface area contributed by atoms with Gasteiger partial charge in [-0.05, 0) is 32.9 Å². The van der Waals surface area contributed by atoms with Crippen LogP contribution >= 0.6 is 0 Å². The van der Waals surface area contributed by atoms with Crippen molar-refractivity contribution in [1.82, 2.24) is 4.90 Å². The van der Waals surface area contributed by atoms with Crippen LogP contribution in [0.5, 0.6) is 0 Å². The van der Waals surface area contributed by atoms with Crippen molar-refractivity contribution >= 4 is 11.6 Å². The van der Waals surface area contributed by atoms with Crippen molar-refractivity contribution in [2.75, 3.05) is 18.5 Å². The predicted molar refractivity (Wildman–Crippen MR) is 74.9 cm³/mol. The number of ether oxygens (including phenoxy) is 1. The number of hydrogen-bond donors (Lipinski definition) is 2. The van der Waals surface area contributed by atoms with Crippen LogP contribution in [0.2, 0.25) is 0 Å². The summed E-state index contributed by atoms with van der Waals surface area (Å²) in [5, 5.41) is 0. The van der Waals surface area contributed by atoms with Crippen LogP contribution in [-0.2, 0) is 4.74 Å². The summed E-state index contributed by atoms with van der Waals surface area (Å²) in [6.07, 6.45) is 0.124. The zero-order valence-electron chi connectivity index (χ0n) is 11.6. The van der Waals surface area contributed by atoms with Gasteiger partial charge in [0.1, 0.15) is 0 Å². The number of hydrazine groups is 1. The van der Waals surface area contributed by atoms with Crippen molar-refractivity contribution in [1.29, 1.82) is 0 Å². The van der Waals surface area contributed by atoms with Crippen LogP contribution in [0.15, 0.2) is 18.2 Å². The Morgan fingerprint density at radius 2 is 2.00 bits per heavy atom. The molecule has 1 saturated heterocycles. The molecule has 1 fully saturated rings. The quantitative estimate of drug-likeness (QED) is 0.627. The Balaban J connectivity index is 2.26. The van der Waals surface area contributed by atoms with E-state index in [1.54, 1.807) is 0 Å². The highest BCUT2D eigenvalue weighted by atomic mass is 16.5. The zero-order valence-corrected chi connectivity index (χ0v) is 11.6. The minimum Gasteiger partial charge on any atom is -0.372 e. The number of carbonyl (C=O) groups excluding carboxylic acids is 1. The van der Waals surface area contributed by atoms with E-state index in [9.17, 15) is 4.79 Å². The molecule has 0 unspecified atom stereocenters. The number of aryl methyl sites for hydroxylation is 1. The molecule has 1 heterocycles. The minimum atomic E-state index is -0.00125. The highest BCUT2D eigenvalue weighted by molar-refractivity contribution is 5.99. The van der Waals surface area contributed by atoms with Gasteiger partial charge in [-0.1, -0.05) is 11.6 Å². The van der Waals surface area contributed by atoms with Crippen LogP contribution in [0.25, 0.3) is 0 Å². The molecule has 0 aromatic heterocycles. The van der Waals surface area contributed by atoms with E-state index in [2.05, 4.69) is 5.43 Å². The van der Waals surface area contributed by atoms with Crippen LogP contribution in [0, 0.1) is 6.92 Å². The molecule has 0 aliphatic carbocycles. The van der Waals surface area contributed by atoms with Gasteiger partial charge in [0.05, 0.1) is 23.5 Å². The lowest BCUT2D eigenvalue weighted by Gasteiger charge is -2.35. The number of morpholine rings is 1. The van der Waals surface area contributed by atoms with E-state index in [1.807, 2.05) is 43.9 Å². The van der Waals surface area contributed by atoms with Gasteiger partial charge in [-0.3, -0.25) is 10.6 Å². The maximum absolute atomic E-state index is 12.6. The standard InChI is InChI=1S/C14H21N3O2/c1-9-4-5-13(16-15)12(6-9)14(18)17-7-10(2)19-11(3)8-17/h4-6,10-11,16H,7-8,15H2,1-3H3/t10-,11+. The van der Waals surface area contributed by atoms with Crippen LogP contribution in [0.1, 0.15) is 29.8 Å². The second-order valence-electron chi connectivity index (χ2n) is 5.16. The van der Waals surface area contributed by atoms with Gasteiger partial charge in [-0.15, -0.1) is 0 Å². The molecule has 104 valence electrons. The first kappa shape index (κ1) is 13.8. The Bertz CT molecular complexity index is 466. The molecule has 0 saturated carbocycles. The number of carbonyl (C=O) groups is 1. The summed E-state index contributed by atoms with van der Waals surface area (Å²) in [5.74, 6) is 5.48. The second-order valence-corrected chi connectivity index (χ2v) is 5.16. The Hall–Kier alpha value is -1.59. The van der Waals surface area contributed by atoms with Crippen LogP contribution < -0.4 is 11.3 Å². The van der Waals surface area contributed by atoms with Gasteiger partial charge in [0, 0.05) is 13.1 Å². The molecule has 0 spiro atoms. The molecule has 1 aliphatic rings. The molecule has 2 atom stereocenters. The molecule has 19 heavy (non-hydrogen) atoms. The van der Waals surface area contributed by atoms with E-state index in [0.29, 0.717) is 24.3 Å². The van der Waals surface area contributed by atoms with E-state index in [1.165, 1.54) is 0 Å². The molecule has 1 amide bonds. The Labute approximate surface area is 113 Å². The normalized spacial score (nSPS) is 23.3. The van der Waals surface area contributed by atoms with E-state index < -0.39 is 0 Å². The summed E-state index contributed by atoms with van der Waals surface area (Å²) in [7, 11) is 0. The smallest absolute Gasteiger partial charge is 0.256 e. The van der Waals surface area contributed by atoms with Crippen molar-refractivity contribution in [2.24, 2.45) is 5.84 Å². The lowest BCUT2D eigenvalue weighted by molar-refractivity contribution is -0.0585. The average molecular weight is 263 g/mol. The molecule has 1 aromatic carbocycles. The number of anilines is 1. The molecule has 0 bridgehead atoms. The number of amides is 1. The largest absolute Gasteiger partial charge is 0.372 e. The summed E-state index contributed by atoms with van der Waals surface area (Å²) >= 11 is 0. The van der Waals surface area contributed by atoms with Crippen molar-refractivity contribution in [3.63, 3.8) is 0 Å². The van der Waals surface area contributed by atoms with Crippen LogP contribution in [0.4, 0.5) is 5.69 Å². The number of nitrogens with two attached hydrogens (primary N) is 1. The maximum atomic E-state index is 12.6. The number of rotatable bonds is 2. The summed E-state index contributed by atoms with van der Waals surface area (Å²) in [6.45, 7) is 7.15. The molecule has 1 aliphatic heterocycles. The van der Waals surface area contributed by atoms with Gasteiger partial charge >= 0.3 is 0 Å². The number of nitrogens with one attached hydrogen (secondary N) is 1. The summed E-state index contributed by atoms with van der Waals surface area (Å²) in [5.41, 5.74) is 4.89. The van der Waals surface area contributed by atoms with Gasteiger partial charge in [0.2, 0.25) is 0 Å². The second kappa shape index (κ2) is 5.59. The summed E-state index contributed by atoms with van der Waals surface area (Å²) in [6, 6.07) is 5.62. The van der Waals surface area contributed by atoms with Gasteiger partial charge < -0.3 is 15.1 Å². The Morgan fingerprint density at radius 3 is 2.58 bits per heavy atom. The van der Waals surface area contributed by atoms with Gasteiger partial charge in [-0.25, -0.2) is 0 Å². The number of nitrogen functional groups attached to an aromatic ring is 1. The zero-order chi connectivity index (χ0) is 14.0. The average Bonchev–Trinajstić information content (AvgIpc) is 2.36. The molecule has 2 rings (SSSR count). The van der Waals surface area contributed by atoms with Crippen molar-refractivity contribution in [3.05, 3.63) is 29.3 Å². The van der Waals surface area contributed by atoms with Gasteiger partial charge in [0.15, 0.2) is 0 Å². The third kappa shape index (κ3) is 3.05. The lowest BCUT2D eigenvalue weighted by atomic mass is 10.1. The van der Waals surface area contributed by atoms with Gasteiger partial charge in [-0.2, -0.15) is 0 Å². The fraction of sp³-hybridized carbons (Fsp3) is 0.500. The summed E-state index contributed by atoms with van der Waals surface area (Å²) < 4.78 is 5.65. The summed E-state index contributed by atoms with van der Waals surface area (Å²) in [4.78, 5) is 14.4. The number of nitrogens with zero attached hydrogens (tertiary/aromatic N) is 1. The SMILES string of the molecule is Cc1ccc(NN)c(C(=O)N2C[C@@H](C)O[C@@H](C)C2)c1. The Kier molecular flexibility index (Phi) is 4.07. The van der Waals surface area contributed by atoms with E-state index in [0.717, 1.165) is 5.56 Å². The molecule has 5 nitrogen and oxygen atoms in total. The number of benzene rings is 1. The van der Waals surface area contributed by atoms with Crippen molar-refractivity contribution < 1.29 is 9.53 Å².